The van der Waals surface area contributed by atoms with E-state index in [1.165, 1.54) is 5.69 Å². The zero-order valence-corrected chi connectivity index (χ0v) is 15.2. The second-order valence-corrected chi connectivity index (χ2v) is 8.19. The Labute approximate surface area is 133 Å². The monoisotopic (exact) mass is 388 g/mol. The van der Waals surface area contributed by atoms with Gasteiger partial charge in [0.1, 0.15) is 0 Å². The lowest BCUT2D eigenvalue weighted by molar-refractivity contribution is 0.239. The zero-order chi connectivity index (χ0) is 14.2. The lowest BCUT2D eigenvalue weighted by Crippen LogP contribution is -2.59. The normalized spacial score (nSPS) is 24.6. The fourth-order valence-electron chi connectivity index (χ4n) is 2.49. The second-order valence-electron chi connectivity index (χ2n) is 6.42. The third kappa shape index (κ3) is 3.53. The topological polar surface area (TPSA) is 15.3 Å². The SMILES string of the molecule is CC1CNC(C(C)(C)C)CN1c1ccc(Br)cc1Br. The molecule has 106 valence electrons. The standard InChI is InChI=1S/C15H22Br2N2/c1-10-8-18-14(15(2,3)4)9-19(10)13-6-5-11(16)7-12(13)17/h5-7,10,14,18H,8-9H2,1-4H3. The van der Waals surface area contributed by atoms with Crippen LogP contribution in [0.2, 0.25) is 0 Å². The van der Waals surface area contributed by atoms with Crippen molar-refractivity contribution < 1.29 is 0 Å². The molecule has 1 N–H and O–H groups in total. The van der Waals surface area contributed by atoms with E-state index in [0.29, 0.717) is 12.1 Å². The van der Waals surface area contributed by atoms with Crippen LogP contribution in [0.15, 0.2) is 27.1 Å². The first kappa shape index (κ1) is 15.3. The highest BCUT2D eigenvalue weighted by Crippen LogP contribution is 2.33. The van der Waals surface area contributed by atoms with Crippen LogP contribution in [-0.4, -0.2) is 25.2 Å². The minimum atomic E-state index is 0.278. The van der Waals surface area contributed by atoms with Gasteiger partial charge in [-0.15, -0.1) is 0 Å². The summed E-state index contributed by atoms with van der Waals surface area (Å²) >= 11 is 7.21. The largest absolute Gasteiger partial charge is 0.365 e. The Morgan fingerprint density at radius 1 is 1.26 bits per heavy atom. The van der Waals surface area contributed by atoms with Crippen LogP contribution in [0.3, 0.4) is 0 Å². The highest BCUT2D eigenvalue weighted by atomic mass is 79.9. The van der Waals surface area contributed by atoms with Gasteiger partial charge >= 0.3 is 0 Å². The minimum Gasteiger partial charge on any atom is -0.365 e. The average Bonchev–Trinajstić information content (AvgIpc) is 2.29. The van der Waals surface area contributed by atoms with Crippen molar-refractivity contribution in [3.05, 3.63) is 27.1 Å². The molecule has 19 heavy (non-hydrogen) atoms. The predicted molar refractivity (Wildman–Crippen MR) is 89.9 cm³/mol. The van der Waals surface area contributed by atoms with Gasteiger partial charge in [-0.1, -0.05) is 36.7 Å². The number of rotatable bonds is 1. The minimum absolute atomic E-state index is 0.278. The molecular weight excluding hydrogens is 368 g/mol. The molecule has 1 aliphatic rings. The van der Waals surface area contributed by atoms with Crippen LogP contribution in [0.1, 0.15) is 27.7 Å². The van der Waals surface area contributed by atoms with E-state index in [1.807, 2.05) is 0 Å². The van der Waals surface area contributed by atoms with E-state index in [2.05, 4.69) is 88.0 Å². The molecule has 1 saturated heterocycles. The summed E-state index contributed by atoms with van der Waals surface area (Å²) in [6.45, 7) is 11.3. The number of anilines is 1. The first-order chi connectivity index (χ1) is 8.79. The van der Waals surface area contributed by atoms with Gasteiger partial charge in [-0.3, -0.25) is 0 Å². The maximum atomic E-state index is 3.69. The van der Waals surface area contributed by atoms with Gasteiger partial charge < -0.3 is 10.2 Å². The van der Waals surface area contributed by atoms with Gasteiger partial charge in [0.05, 0.1) is 5.69 Å². The number of halogens is 2. The molecule has 1 aromatic rings. The third-order valence-electron chi connectivity index (χ3n) is 3.84. The van der Waals surface area contributed by atoms with Gasteiger partial charge in [0.2, 0.25) is 0 Å². The quantitative estimate of drug-likeness (QED) is 0.764. The summed E-state index contributed by atoms with van der Waals surface area (Å²) in [7, 11) is 0. The van der Waals surface area contributed by atoms with Crippen molar-refractivity contribution in [2.45, 2.75) is 39.8 Å². The van der Waals surface area contributed by atoms with Crippen LogP contribution >= 0.6 is 31.9 Å². The molecule has 2 rings (SSSR count). The zero-order valence-electron chi connectivity index (χ0n) is 12.0. The van der Waals surface area contributed by atoms with E-state index in [-0.39, 0.29) is 5.41 Å². The average molecular weight is 390 g/mol. The Bertz CT molecular complexity index is 454. The smallest absolute Gasteiger partial charge is 0.0514 e. The van der Waals surface area contributed by atoms with Crippen molar-refractivity contribution in [3.8, 4) is 0 Å². The van der Waals surface area contributed by atoms with Crippen molar-refractivity contribution >= 4 is 37.5 Å². The Balaban J connectivity index is 2.26. The van der Waals surface area contributed by atoms with Gasteiger partial charge in [0.25, 0.3) is 0 Å². The Kier molecular flexibility index (Phi) is 4.63. The molecule has 0 amide bonds. The van der Waals surface area contributed by atoms with Gasteiger partial charge in [-0.05, 0) is 46.5 Å². The van der Waals surface area contributed by atoms with Crippen LogP contribution in [-0.2, 0) is 0 Å². The third-order valence-corrected chi connectivity index (χ3v) is 4.96. The summed E-state index contributed by atoms with van der Waals surface area (Å²) in [5, 5.41) is 3.67. The molecule has 1 heterocycles. The summed E-state index contributed by atoms with van der Waals surface area (Å²) in [6.07, 6.45) is 0. The Morgan fingerprint density at radius 3 is 2.53 bits per heavy atom. The molecule has 0 aromatic heterocycles. The van der Waals surface area contributed by atoms with E-state index in [4.69, 9.17) is 0 Å². The Hall–Kier alpha value is -0.0600. The fourth-order valence-corrected chi connectivity index (χ4v) is 3.77. The maximum absolute atomic E-state index is 3.69. The molecule has 0 radical (unpaired) electrons. The van der Waals surface area contributed by atoms with Crippen molar-refractivity contribution in [1.82, 2.24) is 5.32 Å². The van der Waals surface area contributed by atoms with Crippen molar-refractivity contribution in [3.63, 3.8) is 0 Å². The van der Waals surface area contributed by atoms with Gasteiger partial charge in [-0.25, -0.2) is 0 Å². The molecular formula is C15H22Br2N2. The van der Waals surface area contributed by atoms with E-state index in [1.54, 1.807) is 0 Å². The first-order valence-corrected chi connectivity index (χ1v) is 8.32. The summed E-state index contributed by atoms with van der Waals surface area (Å²) in [6, 6.07) is 7.45. The van der Waals surface area contributed by atoms with E-state index < -0.39 is 0 Å². The lowest BCUT2D eigenvalue weighted by atomic mass is 9.84. The molecule has 0 saturated carbocycles. The van der Waals surface area contributed by atoms with Crippen LogP contribution in [0.4, 0.5) is 5.69 Å². The number of benzene rings is 1. The van der Waals surface area contributed by atoms with Crippen LogP contribution in [0, 0.1) is 5.41 Å². The van der Waals surface area contributed by atoms with Gasteiger partial charge in [-0.2, -0.15) is 0 Å². The van der Waals surface area contributed by atoms with Crippen molar-refractivity contribution in [1.29, 1.82) is 0 Å². The summed E-state index contributed by atoms with van der Waals surface area (Å²) < 4.78 is 2.27. The Morgan fingerprint density at radius 2 is 1.95 bits per heavy atom. The van der Waals surface area contributed by atoms with Crippen LogP contribution < -0.4 is 10.2 Å². The highest BCUT2D eigenvalue weighted by Gasteiger charge is 2.33. The number of hydrogen-bond acceptors (Lipinski definition) is 2. The van der Waals surface area contributed by atoms with E-state index in [0.717, 1.165) is 22.0 Å². The summed E-state index contributed by atoms with van der Waals surface area (Å²) in [4.78, 5) is 2.50. The summed E-state index contributed by atoms with van der Waals surface area (Å²) in [5.74, 6) is 0. The molecule has 2 unspecified atom stereocenters. The number of hydrogen-bond donors (Lipinski definition) is 1. The first-order valence-electron chi connectivity index (χ1n) is 6.74. The van der Waals surface area contributed by atoms with Crippen molar-refractivity contribution in [2.24, 2.45) is 5.41 Å². The molecule has 1 aromatic carbocycles. The maximum Gasteiger partial charge on any atom is 0.0514 e. The van der Waals surface area contributed by atoms with Gasteiger partial charge in [0, 0.05) is 34.1 Å². The van der Waals surface area contributed by atoms with Crippen LogP contribution in [0.25, 0.3) is 0 Å². The second kappa shape index (κ2) is 5.74. The summed E-state index contributed by atoms with van der Waals surface area (Å²) in [5.41, 5.74) is 1.56. The molecule has 0 bridgehead atoms. The van der Waals surface area contributed by atoms with Crippen molar-refractivity contribution in [2.75, 3.05) is 18.0 Å². The van der Waals surface area contributed by atoms with E-state index in [9.17, 15) is 0 Å². The fraction of sp³-hybridized carbons (Fsp3) is 0.600. The number of nitrogens with zero attached hydrogens (tertiary/aromatic N) is 1. The molecule has 2 atom stereocenters. The number of piperazine rings is 1. The highest BCUT2D eigenvalue weighted by molar-refractivity contribution is 9.11. The van der Waals surface area contributed by atoms with Gasteiger partial charge in [0.15, 0.2) is 0 Å². The molecule has 1 fully saturated rings. The van der Waals surface area contributed by atoms with E-state index >= 15 is 0 Å². The lowest BCUT2D eigenvalue weighted by Gasteiger charge is -2.45. The molecule has 1 aliphatic heterocycles. The molecule has 0 spiro atoms. The predicted octanol–water partition coefficient (Wildman–Crippen LogP) is 4.42. The number of nitrogens with one attached hydrogen (secondary N) is 1. The molecule has 4 heteroatoms. The molecule has 0 aliphatic carbocycles. The molecule has 2 nitrogen and oxygen atoms in total. The van der Waals surface area contributed by atoms with Crippen LogP contribution in [0.5, 0.6) is 0 Å².